The number of amides is 3. The number of aliphatic hydroxyl groups excluding tert-OH is 1. The van der Waals surface area contributed by atoms with Crippen LogP contribution in [0.4, 0.5) is 4.79 Å². The lowest BCUT2D eigenvalue weighted by atomic mass is 10.0. The maximum Gasteiger partial charge on any atom is 0.408 e. The quantitative estimate of drug-likeness (QED) is 0.406. The predicted molar refractivity (Wildman–Crippen MR) is 112 cm³/mol. The molecule has 0 heterocycles. The Bertz CT molecular complexity index is 762. The summed E-state index contributed by atoms with van der Waals surface area (Å²) in [7, 11) is 1.12. The minimum Gasteiger partial charge on any atom is -0.467 e. The van der Waals surface area contributed by atoms with Gasteiger partial charge in [0.15, 0.2) is 6.04 Å². The van der Waals surface area contributed by atoms with Gasteiger partial charge in [-0.25, -0.2) is 9.59 Å². The first-order chi connectivity index (χ1) is 14.5. The number of nitrogens with one attached hydrogen (secondary N) is 3. The molecule has 0 spiro atoms. The highest BCUT2D eigenvalue weighted by molar-refractivity contribution is 5.93. The standard InChI is InChI=1S/C21H31N3O7/c1-13(17(26)23-16(12-25)19(28)30-5)22-18(27)15(11-14-9-7-6-8-10-14)24-20(29)31-21(2,3)4/h6-10,13,15-16,25H,11-12H2,1-5H3,(H,22,27)(H,23,26)(H,24,29)/t13-,15-,16-/m0/s1. The molecule has 4 N–H and O–H groups in total. The summed E-state index contributed by atoms with van der Waals surface area (Å²) in [6.07, 6.45) is -0.603. The summed E-state index contributed by atoms with van der Waals surface area (Å²) in [4.78, 5) is 48.8. The number of alkyl carbamates (subject to hydrolysis) is 1. The Morgan fingerprint density at radius 1 is 0.968 bits per heavy atom. The maximum absolute atomic E-state index is 12.8. The van der Waals surface area contributed by atoms with Gasteiger partial charge in [0, 0.05) is 6.42 Å². The van der Waals surface area contributed by atoms with Crippen molar-refractivity contribution in [3.05, 3.63) is 35.9 Å². The zero-order chi connectivity index (χ0) is 23.6. The van der Waals surface area contributed by atoms with E-state index >= 15 is 0 Å². The van der Waals surface area contributed by atoms with Gasteiger partial charge in [-0.3, -0.25) is 9.59 Å². The number of carbonyl (C=O) groups excluding carboxylic acids is 4. The Kier molecular flexibility index (Phi) is 9.94. The van der Waals surface area contributed by atoms with E-state index in [0.29, 0.717) is 0 Å². The fraction of sp³-hybridized carbons (Fsp3) is 0.524. The topological polar surface area (TPSA) is 143 Å². The number of methoxy groups -OCH3 is 1. The van der Waals surface area contributed by atoms with Gasteiger partial charge in [0.2, 0.25) is 11.8 Å². The van der Waals surface area contributed by atoms with E-state index in [1.54, 1.807) is 45.0 Å². The van der Waals surface area contributed by atoms with Crippen LogP contribution in [-0.2, 0) is 30.3 Å². The summed E-state index contributed by atoms with van der Waals surface area (Å²) < 4.78 is 9.72. The second-order valence-corrected chi connectivity index (χ2v) is 7.89. The van der Waals surface area contributed by atoms with Gasteiger partial charge in [0.25, 0.3) is 0 Å². The van der Waals surface area contributed by atoms with Gasteiger partial charge in [-0.2, -0.15) is 0 Å². The van der Waals surface area contributed by atoms with Crippen molar-refractivity contribution in [3.8, 4) is 0 Å². The van der Waals surface area contributed by atoms with Crippen LogP contribution in [0.3, 0.4) is 0 Å². The number of hydrogen-bond acceptors (Lipinski definition) is 7. The molecule has 0 aliphatic rings. The summed E-state index contributed by atoms with van der Waals surface area (Å²) >= 11 is 0. The molecule has 10 nitrogen and oxygen atoms in total. The molecular weight excluding hydrogens is 406 g/mol. The Morgan fingerprint density at radius 3 is 2.10 bits per heavy atom. The molecule has 1 aromatic rings. The predicted octanol–water partition coefficient (Wildman–Crippen LogP) is 0.277. The minimum atomic E-state index is -1.25. The van der Waals surface area contributed by atoms with E-state index in [2.05, 4.69) is 20.7 Å². The molecule has 0 aliphatic carbocycles. The molecule has 0 aliphatic heterocycles. The highest BCUT2D eigenvalue weighted by atomic mass is 16.6. The van der Waals surface area contributed by atoms with Gasteiger partial charge in [-0.1, -0.05) is 30.3 Å². The first-order valence-corrected chi connectivity index (χ1v) is 9.79. The van der Waals surface area contributed by atoms with E-state index in [9.17, 15) is 24.3 Å². The average molecular weight is 437 g/mol. The zero-order valence-electron chi connectivity index (χ0n) is 18.4. The summed E-state index contributed by atoms with van der Waals surface area (Å²) in [5, 5.41) is 16.5. The summed E-state index contributed by atoms with van der Waals surface area (Å²) in [5.74, 6) is -2.13. The van der Waals surface area contributed by atoms with Crippen molar-refractivity contribution in [2.75, 3.05) is 13.7 Å². The van der Waals surface area contributed by atoms with Crippen molar-refractivity contribution in [1.82, 2.24) is 16.0 Å². The number of hydrogen-bond donors (Lipinski definition) is 4. The van der Waals surface area contributed by atoms with Crippen LogP contribution in [0, 0.1) is 0 Å². The third kappa shape index (κ3) is 9.47. The van der Waals surface area contributed by atoms with E-state index in [1.165, 1.54) is 6.92 Å². The first kappa shape index (κ1) is 25.9. The Labute approximate surface area is 181 Å². The zero-order valence-corrected chi connectivity index (χ0v) is 18.4. The van der Waals surface area contributed by atoms with Crippen molar-refractivity contribution < 1.29 is 33.8 Å². The van der Waals surface area contributed by atoms with Gasteiger partial charge >= 0.3 is 12.1 Å². The molecule has 3 atom stereocenters. The van der Waals surface area contributed by atoms with Gasteiger partial charge in [-0.05, 0) is 33.3 Å². The minimum absolute atomic E-state index is 0.168. The van der Waals surface area contributed by atoms with Crippen LogP contribution in [0.2, 0.25) is 0 Å². The van der Waals surface area contributed by atoms with Crippen molar-refractivity contribution in [1.29, 1.82) is 0 Å². The Balaban J connectivity index is 2.86. The van der Waals surface area contributed by atoms with Crippen LogP contribution in [0.1, 0.15) is 33.3 Å². The molecular formula is C21H31N3O7. The van der Waals surface area contributed by atoms with E-state index in [4.69, 9.17) is 4.74 Å². The monoisotopic (exact) mass is 437 g/mol. The van der Waals surface area contributed by atoms with Crippen LogP contribution in [-0.4, -0.2) is 66.4 Å². The second kappa shape index (κ2) is 11.9. The van der Waals surface area contributed by atoms with Crippen LogP contribution in [0.5, 0.6) is 0 Å². The molecule has 1 aromatic carbocycles. The van der Waals surface area contributed by atoms with E-state index in [1.807, 2.05) is 6.07 Å². The normalized spacial score (nSPS) is 13.9. The number of rotatable bonds is 9. The Hall–Kier alpha value is -3.14. The van der Waals surface area contributed by atoms with E-state index in [-0.39, 0.29) is 6.42 Å². The van der Waals surface area contributed by atoms with Crippen LogP contribution >= 0.6 is 0 Å². The lowest BCUT2D eigenvalue weighted by molar-refractivity contribution is -0.146. The number of carbonyl (C=O) groups is 4. The van der Waals surface area contributed by atoms with Crippen molar-refractivity contribution in [2.45, 2.75) is 57.8 Å². The van der Waals surface area contributed by atoms with Crippen molar-refractivity contribution >= 4 is 23.9 Å². The summed E-state index contributed by atoms with van der Waals surface area (Å²) in [5.41, 5.74) is 0.0416. The SMILES string of the molecule is COC(=O)[C@H](CO)NC(=O)[C@H](C)NC(=O)[C@H](Cc1ccccc1)NC(=O)OC(C)(C)C. The molecule has 31 heavy (non-hydrogen) atoms. The summed E-state index contributed by atoms with van der Waals surface area (Å²) in [6.45, 7) is 5.85. The van der Waals surface area contributed by atoms with E-state index < -0.39 is 54.2 Å². The van der Waals surface area contributed by atoms with Gasteiger partial charge < -0.3 is 30.5 Å². The summed E-state index contributed by atoms with van der Waals surface area (Å²) in [6, 6.07) is 5.71. The largest absolute Gasteiger partial charge is 0.467 e. The van der Waals surface area contributed by atoms with Gasteiger partial charge in [0.05, 0.1) is 13.7 Å². The third-order valence-electron chi connectivity index (χ3n) is 4.03. The third-order valence-corrected chi connectivity index (χ3v) is 4.03. The highest BCUT2D eigenvalue weighted by Crippen LogP contribution is 2.09. The molecule has 0 radical (unpaired) electrons. The highest BCUT2D eigenvalue weighted by Gasteiger charge is 2.28. The van der Waals surface area contributed by atoms with Crippen LogP contribution in [0.15, 0.2) is 30.3 Å². The lowest BCUT2D eigenvalue weighted by Crippen LogP contribution is -2.56. The molecule has 172 valence electrons. The average Bonchev–Trinajstić information content (AvgIpc) is 2.69. The first-order valence-electron chi connectivity index (χ1n) is 9.79. The molecule has 0 unspecified atom stereocenters. The number of aliphatic hydroxyl groups is 1. The molecule has 0 saturated carbocycles. The fourth-order valence-corrected chi connectivity index (χ4v) is 2.51. The number of ether oxygens (including phenoxy) is 2. The smallest absolute Gasteiger partial charge is 0.408 e. The Morgan fingerprint density at radius 2 is 1.58 bits per heavy atom. The second-order valence-electron chi connectivity index (χ2n) is 7.89. The van der Waals surface area contributed by atoms with Gasteiger partial charge in [0.1, 0.15) is 17.7 Å². The van der Waals surface area contributed by atoms with Crippen molar-refractivity contribution in [3.63, 3.8) is 0 Å². The molecule has 0 bridgehead atoms. The van der Waals surface area contributed by atoms with Crippen LogP contribution < -0.4 is 16.0 Å². The molecule has 0 fully saturated rings. The molecule has 3 amide bonds. The fourth-order valence-electron chi connectivity index (χ4n) is 2.51. The van der Waals surface area contributed by atoms with E-state index in [0.717, 1.165) is 12.7 Å². The molecule has 0 saturated heterocycles. The number of esters is 1. The maximum atomic E-state index is 12.8. The van der Waals surface area contributed by atoms with Crippen LogP contribution in [0.25, 0.3) is 0 Å². The lowest BCUT2D eigenvalue weighted by Gasteiger charge is -2.25. The molecule has 1 rings (SSSR count). The molecule has 0 aromatic heterocycles. The molecule has 10 heteroatoms. The van der Waals surface area contributed by atoms with Crippen molar-refractivity contribution in [2.24, 2.45) is 0 Å². The van der Waals surface area contributed by atoms with Gasteiger partial charge in [-0.15, -0.1) is 0 Å². The number of benzene rings is 1.